The van der Waals surface area contributed by atoms with Crippen molar-refractivity contribution in [2.45, 2.75) is 78.4 Å². The van der Waals surface area contributed by atoms with Crippen LogP contribution in [-0.4, -0.2) is 44.6 Å². The van der Waals surface area contributed by atoms with E-state index in [1.54, 1.807) is 13.8 Å². The van der Waals surface area contributed by atoms with Crippen LogP contribution in [0.15, 0.2) is 23.8 Å². The molecule has 29 heavy (non-hydrogen) atoms. The molecule has 6 heteroatoms. The molecule has 2 rings (SSSR count). The minimum Gasteiger partial charge on any atom is -0.481 e. The van der Waals surface area contributed by atoms with Crippen LogP contribution in [-0.2, 0) is 9.59 Å². The maximum atomic E-state index is 10.6. The molecule has 0 aromatic rings. The molecular formula is C23H38O6. The molecule has 0 spiro atoms. The van der Waals surface area contributed by atoms with Gasteiger partial charge in [0, 0.05) is 0 Å². The van der Waals surface area contributed by atoms with Crippen LogP contribution in [0.4, 0.5) is 0 Å². The SMILES string of the molecule is CC(C)C(=O)O.CC1C=C2C=C[C@H](C)[C@H](CC[C@@H](O)C[C@@H](O)CC(=O)O)C2CC1. The van der Waals surface area contributed by atoms with Crippen LogP contribution >= 0.6 is 0 Å². The van der Waals surface area contributed by atoms with Crippen LogP contribution in [0.5, 0.6) is 0 Å². The second kappa shape index (κ2) is 12.1. The van der Waals surface area contributed by atoms with Crippen molar-refractivity contribution in [1.82, 2.24) is 0 Å². The third kappa shape index (κ3) is 9.13. The van der Waals surface area contributed by atoms with E-state index in [1.165, 1.54) is 18.4 Å². The Hall–Kier alpha value is -1.66. The van der Waals surface area contributed by atoms with Crippen molar-refractivity contribution in [3.63, 3.8) is 0 Å². The number of fused-ring (bicyclic) bond motifs is 1. The highest BCUT2D eigenvalue weighted by Gasteiger charge is 2.33. The Bertz CT molecular complexity index is 594. The van der Waals surface area contributed by atoms with Crippen molar-refractivity contribution in [1.29, 1.82) is 0 Å². The fourth-order valence-electron chi connectivity index (χ4n) is 4.12. The monoisotopic (exact) mass is 410 g/mol. The molecule has 6 atom stereocenters. The molecule has 166 valence electrons. The molecule has 0 aromatic carbocycles. The maximum Gasteiger partial charge on any atom is 0.305 e. The van der Waals surface area contributed by atoms with E-state index in [1.807, 2.05) is 0 Å². The Morgan fingerprint density at radius 3 is 2.28 bits per heavy atom. The van der Waals surface area contributed by atoms with Gasteiger partial charge in [-0.2, -0.15) is 0 Å². The molecule has 0 fully saturated rings. The van der Waals surface area contributed by atoms with Crippen LogP contribution in [0.1, 0.15) is 66.2 Å². The molecule has 0 saturated carbocycles. The molecular weight excluding hydrogens is 372 g/mol. The average molecular weight is 411 g/mol. The largest absolute Gasteiger partial charge is 0.481 e. The van der Waals surface area contributed by atoms with Crippen molar-refractivity contribution in [2.75, 3.05) is 0 Å². The van der Waals surface area contributed by atoms with Crippen molar-refractivity contribution in [3.05, 3.63) is 23.8 Å². The topological polar surface area (TPSA) is 115 Å². The second-order valence-corrected chi connectivity index (χ2v) is 8.92. The number of aliphatic hydroxyl groups is 2. The molecule has 0 aromatic heterocycles. The number of aliphatic hydroxyl groups excluding tert-OH is 2. The van der Waals surface area contributed by atoms with Gasteiger partial charge in [-0.25, -0.2) is 0 Å². The van der Waals surface area contributed by atoms with E-state index in [9.17, 15) is 19.8 Å². The first-order chi connectivity index (χ1) is 13.5. The summed E-state index contributed by atoms with van der Waals surface area (Å²) >= 11 is 0. The quantitative estimate of drug-likeness (QED) is 0.483. The minimum atomic E-state index is -1.03. The molecule has 0 heterocycles. The van der Waals surface area contributed by atoms with Crippen molar-refractivity contribution in [2.24, 2.45) is 29.6 Å². The molecule has 2 unspecified atom stereocenters. The van der Waals surface area contributed by atoms with Gasteiger partial charge in [0.15, 0.2) is 0 Å². The molecule has 0 amide bonds. The maximum absolute atomic E-state index is 10.6. The Labute approximate surface area is 174 Å². The van der Waals surface area contributed by atoms with Crippen LogP contribution in [0, 0.1) is 29.6 Å². The van der Waals surface area contributed by atoms with Gasteiger partial charge in [-0.1, -0.05) is 45.9 Å². The lowest BCUT2D eigenvalue weighted by atomic mass is 9.66. The minimum absolute atomic E-state index is 0.146. The van der Waals surface area contributed by atoms with E-state index >= 15 is 0 Å². The highest BCUT2D eigenvalue weighted by atomic mass is 16.4. The summed E-state index contributed by atoms with van der Waals surface area (Å²) in [7, 11) is 0. The molecule has 2 aliphatic carbocycles. The molecule has 2 aliphatic rings. The standard InChI is InChI=1S/C19H30O4.C4H8O2/c1-12-3-7-18-14(9-12)5-4-13(2)17(18)8-6-15(20)10-16(21)11-19(22)23;1-3(2)4(5)6/h4-5,9,12-13,15-18,20-21H,3,6-8,10-11H2,1-2H3,(H,22,23);3H,1-2H3,(H,5,6)/t12?,13-,15+,16+,17-,18?;/m0./s1. The third-order valence-corrected chi connectivity index (χ3v) is 5.90. The summed E-state index contributed by atoms with van der Waals surface area (Å²) in [5.74, 6) is 0.271. The van der Waals surface area contributed by atoms with Crippen LogP contribution in [0.2, 0.25) is 0 Å². The van der Waals surface area contributed by atoms with Gasteiger partial charge in [0.25, 0.3) is 0 Å². The van der Waals surface area contributed by atoms with E-state index in [4.69, 9.17) is 10.2 Å². The van der Waals surface area contributed by atoms with Gasteiger partial charge in [0.1, 0.15) is 0 Å². The van der Waals surface area contributed by atoms with E-state index in [-0.39, 0.29) is 18.8 Å². The zero-order valence-corrected chi connectivity index (χ0v) is 18.1. The average Bonchev–Trinajstić information content (AvgIpc) is 2.60. The molecule has 0 aliphatic heterocycles. The first kappa shape index (κ1) is 25.4. The lowest BCUT2D eigenvalue weighted by Crippen LogP contribution is -2.30. The Kier molecular flexibility index (Phi) is 10.6. The van der Waals surface area contributed by atoms with Crippen molar-refractivity contribution < 1.29 is 30.0 Å². The summed E-state index contributed by atoms with van der Waals surface area (Å²) in [5.41, 5.74) is 1.45. The van der Waals surface area contributed by atoms with E-state index < -0.39 is 24.1 Å². The smallest absolute Gasteiger partial charge is 0.305 e. The molecule has 4 N–H and O–H groups in total. The number of carboxylic acids is 2. The van der Waals surface area contributed by atoms with Crippen LogP contribution in [0.25, 0.3) is 0 Å². The van der Waals surface area contributed by atoms with Gasteiger partial charge in [0.2, 0.25) is 0 Å². The number of aliphatic carboxylic acids is 2. The first-order valence-corrected chi connectivity index (χ1v) is 10.7. The van der Waals surface area contributed by atoms with Gasteiger partial charge in [0.05, 0.1) is 24.5 Å². The predicted octanol–water partition coefficient (Wildman–Crippen LogP) is 3.87. The number of carbonyl (C=O) groups is 2. The highest BCUT2D eigenvalue weighted by molar-refractivity contribution is 5.68. The van der Waals surface area contributed by atoms with E-state index in [0.29, 0.717) is 30.1 Å². The lowest BCUT2D eigenvalue weighted by molar-refractivity contribution is -0.141. The predicted molar refractivity (Wildman–Crippen MR) is 112 cm³/mol. The number of hydrogen-bond donors (Lipinski definition) is 4. The Balaban J connectivity index is 0.000000612. The second-order valence-electron chi connectivity index (χ2n) is 8.92. The Morgan fingerprint density at radius 1 is 1.10 bits per heavy atom. The molecule has 0 bridgehead atoms. The lowest BCUT2D eigenvalue weighted by Gasteiger charge is -2.39. The number of allylic oxidation sites excluding steroid dienone is 4. The molecule has 0 radical (unpaired) electrons. The van der Waals surface area contributed by atoms with Crippen LogP contribution in [0.3, 0.4) is 0 Å². The summed E-state index contributed by atoms with van der Waals surface area (Å²) in [6, 6.07) is 0. The summed E-state index contributed by atoms with van der Waals surface area (Å²) < 4.78 is 0. The van der Waals surface area contributed by atoms with Gasteiger partial charge in [-0.05, 0) is 61.3 Å². The number of carboxylic acid groups (broad SMARTS) is 2. The summed E-state index contributed by atoms with van der Waals surface area (Å²) in [4.78, 5) is 20.3. The van der Waals surface area contributed by atoms with E-state index in [2.05, 4.69) is 32.1 Å². The zero-order chi connectivity index (χ0) is 22.1. The Morgan fingerprint density at radius 2 is 1.72 bits per heavy atom. The van der Waals surface area contributed by atoms with Crippen LogP contribution < -0.4 is 0 Å². The zero-order valence-electron chi connectivity index (χ0n) is 18.1. The molecule has 0 saturated heterocycles. The van der Waals surface area contributed by atoms with E-state index in [0.717, 1.165) is 6.42 Å². The highest BCUT2D eigenvalue weighted by Crippen LogP contribution is 2.43. The van der Waals surface area contributed by atoms with Crippen molar-refractivity contribution in [3.8, 4) is 0 Å². The fraction of sp³-hybridized carbons (Fsp3) is 0.739. The van der Waals surface area contributed by atoms with Gasteiger partial charge in [-0.3, -0.25) is 9.59 Å². The first-order valence-electron chi connectivity index (χ1n) is 10.7. The summed E-state index contributed by atoms with van der Waals surface area (Å²) in [6.45, 7) is 7.78. The number of rotatable bonds is 8. The summed E-state index contributed by atoms with van der Waals surface area (Å²) in [6.07, 6.45) is 9.17. The molecule has 6 nitrogen and oxygen atoms in total. The third-order valence-electron chi connectivity index (χ3n) is 5.90. The van der Waals surface area contributed by atoms with Gasteiger partial charge >= 0.3 is 11.9 Å². The fourth-order valence-corrected chi connectivity index (χ4v) is 4.12. The summed E-state index contributed by atoms with van der Waals surface area (Å²) in [5, 5.41) is 36.4. The van der Waals surface area contributed by atoms with Gasteiger partial charge in [-0.15, -0.1) is 0 Å². The van der Waals surface area contributed by atoms with Crippen molar-refractivity contribution >= 4 is 11.9 Å². The normalized spacial score (nSPS) is 27.9. The van der Waals surface area contributed by atoms with Gasteiger partial charge < -0.3 is 20.4 Å². The number of hydrogen-bond acceptors (Lipinski definition) is 4.